The van der Waals surface area contributed by atoms with Crippen LogP contribution >= 0.6 is 0 Å². The van der Waals surface area contributed by atoms with Crippen LogP contribution in [0, 0.1) is 0 Å². The minimum atomic E-state index is 0.490. The lowest BCUT2D eigenvalue weighted by molar-refractivity contribution is 0.322. The van der Waals surface area contributed by atoms with E-state index in [9.17, 15) is 0 Å². The summed E-state index contributed by atoms with van der Waals surface area (Å²) in [6.07, 6.45) is 9.93. The number of aromatic nitrogens is 2. The molecule has 0 aromatic carbocycles. The van der Waals surface area contributed by atoms with E-state index in [0.29, 0.717) is 12.1 Å². The van der Waals surface area contributed by atoms with Crippen LogP contribution in [-0.4, -0.2) is 47.9 Å². The van der Waals surface area contributed by atoms with E-state index in [4.69, 9.17) is 5.10 Å². The molecule has 1 aromatic rings. The third kappa shape index (κ3) is 4.60. The summed E-state index contributed by atoms with van der Waals surface area (Å²) in [5.74, 6) is 0. The van der Waals surface area contributed by atoms with Gasteiger partial charge in [-0.15, -0.1) is 0 Å². The van der Waals surface area contributed by atoms with Crippen LogP contribution in [0.3, 0.4) is 0 Å². The van der Waals surface area contributed by atoms with Gasteiger partial charge in [0.1, 0.15) is 0 Å². The van der Waals surface area contributed by atoms with Gasteiger partial charge in [0, 0.05) is 25.2 Å². The van der Waals surface area contributed by atoms with Gasteiger partial charge in [-0.25, -0.2) is 0 Å². The Labute approximate surface area is 123 Å². The number of likely N-dealkylation sites (N-methyl/N-ethyl adjacent to an activating group) is 2. The quantitative estimate of drug-likeness (QED) is 0.832. The van der Waals surface area contributed by atoms with E-state index in [1.807, 2.05) is 0 Å². The van der Waals surface area contributed by atoms with Crippen molar-refractivity contribution in [1.82, 2.24) is 20.0 Å². The van der Waals surface area contributed by atoms with E-state index in [0.717, 1.165) is 19.5 Å². The van der Waals surface area contributed by atoms with Crippen molar-refractivity contribution in [3.63, 3.8) is 0 Å². The molecular weight excluding hydrogens is 248 g/mol. The second-order valence-corrected chi connectivity index (χ2v) is 6.30. The molecule has 1 saturated carbocycles. The van der Waals surface area contributed by atoms with Crippen LogP contribution in [0.2, 0.25) is 0 Å². The average molecular weight is 278 g/mol. The molecule has 4 heteroatoms. The molecule has 0 saturated heterocycles. The average Bonchev–Trinajstić information content (AvgIpc) is 2.88. The third-order valence-electron chi connectivity index (χ3n) is 4.15. The maximum atomic E-state index is 4.82. The summed E-state index contributed by atoms with van der Waals surface area (Å²) in [5.41, 5.74) is 1.23. The summed E-state index contributed by atoms with van der Waals surface area (Å²) in [7, 11) is 4.26. The van der Waals surface area contributed by atoms with Crippen molar-refractivity contribution in [2.75, 3.05) is 27.2 Å². The highest BCUT2D eigenvalue weighted by Crippen LogP contribution is 2.27. The first kappa shape index (κ1) is 15.5. The highest BCUT2D eigenvalue weighted by Gasteiger charge is 2.17. The van der Waals surface area contributed by atoms with E-state index in [1.165, 1.54) is 37.8 Å². The second kappa shape index (κ2) is 7.79. The lowest BCUT2D eigenvalue weighted by Crippen LogP contribution is -2.39. The van der Waals surface area contributed by atoms with E-state index < -0.39 is 0 Å². The summed E-state index contributed by atoms with van der Waals surface area (Å²) in [6, 6.07) is 3.34. The SMILES string of the molecule is CCNC(Cc1ccn(C2CCCCC2)n1)CN(C)C. The normalized spacial score (nSPS) is 18.6. The molecule has 114 valence electrons. The van der Waals surface area contributed by atoms with Gasteiger partial charge in [-0.05, 0) is 39.5 Å². The van der Waals surface area contributed by atoms with Gasteiger partial charge in [0.2, 0.25) is 0 Å². The van der Waals surface area contributed by atoms with E-state index >= 15 is 0 Å². The van der Waals surface area contributed by atoms with Gasteiger partial charge in [0.05, 0.1) is 11.7 Å². The molecule has 0 bridgehead atoms. The Hall–Kier alpha value is -0.870. The van der Waals surface area contributed by atoms with Crippen molar-refractivity contribution < 1.29 is 0 Å². The molecule has 1 aromatic heterocycles. The number of nitrogens with one attached hydrogen (secondary N) is 1. The molecule has 1 unspecified atom stereocenters. The van der Waals surface area contributed by atoms with Crippen molar-refractivity contribution in [3.8, 4) is 0 Å². The number of hydrogen-bond donors (Lipinski definition) is 1. The molecule has 0 amide bonds. The Morgan fingerprint density at radius 3 is 2.75 bits per heavy atom. The molecule has 1 heterocycles. The van der Waals surface area contributed by atoms with Crippen LogP contribution in [0.25, 0.3) is 0 Å². The molecule has 0 aliphatic heterocycles. The predicted molar refractivity (Wildman–Crippen MR) is 84.1 cm³/mol. The third-order valence-corrected chi connectivity index (χ3v) is 4.15. The summed E-state index contributed by atoms with van der Waals surface area (Å²) in [6.45, 7) is 4.25. The molecule has 4 nitrogen and oxygen atoms in total. The summed E-state index contributed by atoms with van der Waals surface area (Å²) in [4.78, 5) is 2.24. The Morgan fingerprint density at radius 1 is 1.35 bits per heavy atom. The molecule has 1 aliphatic carbocycles. The van der Waals surface area contributed by atoms with Crippen molar-refractivity contribution in [3.05, 3.63) is 18.0 Å². The van der Waals surface area contributed by atoms with Crippen LogP contribution < -0.4 is 5.32 Å². The monoisotopic (exact) mass is 278 g/mol. The van der Waals surface area contributed by atoms with E-state index in [2.05, 4.69) is 48.2 Å². The van der Waals surface area contributed by atoms with Crippen LogP contribution in [0.5, 0.6) is 0 Å². The van der Waals surface area contributed by atoms with Gasteiger partial charge < -0.3 is 10.2 Å². The van der Waals surface area contributed by atoms with Gasteiger partial charge >= 0.3 is 0 Å². The van der Waals surface area contributed by atoms with E-state index in [-0.39, 0.29) is 0 Å². The molecule has 0 radical (unpaired) electrons. The molecule has 1 atom stereocenters. The fraction of sp³-hybridized carbons (Fsp3) is 0.812. The standard InChI is InChI=1S/C16H30N4/c1-4-17-15(13-19(2)3)12-14-10-11-20(18-14)16-8-6-5-7-9-16/h10-11,15-17H,4-9,12-13H2,1-3H3. The summed E-state index contributed by atoms with van der Waals surface area (Å²) < 4.78 is 2.22. The Morgan fingerprint density at radius 2 is 2.10 bits per heavy atom. The number of nitrogens with zero attached hydrogens (tertiary/aromatic N) is 3. The van der Waals surface area contributed by atoms with Gasteiger partial charge in [-0.3, -0.25) is 4.68 Å². The Kier molecular flexibility index (Phi) is 6.05. The van der Waals surface area contributed by atoms with Gasteiger partial charge in [-0.2, -0.15) is 5.10 Å². The molecule has 20 heavy (non-hydrogen) atoms. The topological polar surface area (TPSA) is 33.1 Å². The van der Waals surface area contributed by atoms with Crippen molar-refractivity contribution >= 4 is 0 Å². The highest BCUT2D eigenvalue weighted by atomic mass is 15.3. The zero-order valence-corrected chi connectivity index (χ0v) is 13.3. The molecule has 0 spiro atoms. The van der Waals surface area contributed by atoms with Crippen LogP contribution in [0.4, 0.5) is 0 Å². The largest absolute Gasteiger partial charge is 0.313 e. The minimum absolute atomic E-state index is 0.490. The number of hydrogen-bond acceptors (Lipinski definition) is 3. The lowest BCUT2D eigenvalue weighted by atomic mass is 9.96. The summed E-state index contributed by atoms with van der Waals surface area (Å²) >= 11 is 0. The maximum Gasteiger partial charge on any atom is 0.0640 e. The zero-order chi connectivity index (χ0) is 14.4. The Bertz CT molecular complexity index is 380. The second-order valence-electron chi connectivity index (χ2n) is 6.30. The minimum Gasteiger partial charge on any atom is -0.313 e. The maximum absolute atomic E-state index is 4.82. The first-order valence-electron chi connectivity index (χ1n) is 8.11. The van der Waals surface area contributed by atoms with Crippen LogP contribution in [0.1, 0.15) is 50.8 Å². The fourth-order valence-corrected chi connectivity index (χ4v) is 3.22. The zero-order valence-electron chi connectivity index (χ0n) is 13.3. The fourth-order valence-electron chi connectivity index (χ4n) is 3.22. The first-order chi connectivity index (χ1) is 9.69. The van der Waals surface area contributed by atoms with Crippen LogP contribution in [0.15, 0.2) is 12.3 Å². The predicted octanol–water partition coefficient (Wildman–Crippen LogP) is 2.47. The Balaban J connectivity index is 1.92. The summed E-state index contributed by atoms with van der Waals surface area (Å²) in [5, 5.41) is 8.38. The first-order valence-corrected chi connectivity index (χ1v) is 8.11. The van der Waals surface area contributed by atoms with Gasteiger partial charge in [0.25, 0.3) is 0 Å². The highest BCUT2D eigenvalue weighted by molar-refractivity contribution is 5.03. The van der Waals surface area contributed by atoms with Crippen molar-refractivity contribution in [2.24, 2.45) is 0 Å². The van der Waals surface area contributed by atoms with Crippen molar-refractivity contribution in [2.45, 2.75) is 57.5 Å². The van der Waals surface area contributed by atoms with Crippen LogP contribution in [-0.2, 0) is 6.42 Å². The molecule has 1 aliphatic rings. The molecular formula is C16H30N4. The molecule has 2 rings (SSSR count). The van der Waals surface area contributed by atoms with E-state index in [1.54, 1.807) is 0 Å². The molecule has 1 fully saturated rings. The number of rotatable bonds is 7. The van der Waals surface area contributed by atoms with Gasteiger partial charge in [0.15, 0.2) is 0 Å². The van der Waals surface area contributed by atoms with Gasteiger partial charge in [-0.1, -0.05) is 26.2 Å². The van der Waals surface area contributed by atoms with Crippen molar-refractivity contribution in [1.29, 1.82) is 0 Å². The lowest BCUT2D eigenvalue weighted by Gasteiger charge is -2.22. The smallest absolute Gasteiger partial charge is 0.0640 e. The molecule has 1 N–H and O–H groups in total.